The fourth-order valence-corrected chi connectivity index (χ4v) is 2.12. The Labute approximate surface area is 110 Å². The summed E-state index contributed by atoms with van der Waals surface area (Å²) in [5.74, 6) is 0.323. The predicted octanol–water partition coefficient (Wildman–Crippen LogP) is 3.37. The van der Waals surface area contributed by atoms with Crippen molar-refractivity contribution in [3.05, 3.63) is 28.8 Å². The second-order valence-corrected chi connectivity index (χ2v) is 4.93. The molecule has 0 atom stereocenters. The quantitative estimate of drug-likeness (QED) is 0.621. The van der Waals surface area contributed by atoms with Gasteiger partial charge in [-0.2, -0.15) is 0 Å². The molecule has 0 aromatic heterocycles. The topological polar surface area (TPSA) is 20.3 Å². The van der Waals surface area contributed by atoms with Crippen LogP contribution in [0, 0.1) is 0 Å². The van der Waals surface area contributed by atoms with Crippen LogP contribution in [0.2, 0.25) is 5.02 Å². The highest BCUT2D eigenvalue weighted by molar-refractivity contribution is 7.98. The summed E-state index contributed by atoms with van der Waals surface area (Å²) in [5, 5.41) is 0.476. The van der Waals surface area contributed by atoms with Gasteiger partial charge >= 0.3 is 0 Å². The number of hydrogen-bond acceptors (Lipinski definition) is 2. The number of amides is 1. The number of carbonyl (C=O) groups excluding carboxylic acids is 1. The number of carbonyl (C=O) groups is 1. The first-order chi connectivity index (χ1) is 7.60. The molecule has 0 fully saturated rings. The van der Waals surface area contributed by atoms with Crippen LogP contribution in [0.5, 0.6) is 0 Å². The van der Waals surface area contributed by atoms with E-state index in [-0.39, 0.29) is 5.91 Å². The van der Waals surface area contributed by atoms with Gasteiger partial charge in [-0.15, -0.1) is 23.4 Å². The second kappa shape index (κ2) is 6.38. The molecule has 1 aromatic carbocycles. The lowest BCUT2D eigenvalue weighted by Gasteiger charge is -2.16. The highest BCUT2D eigenvalue weighted by atomic mass is 35.5. The van der Waals surface area contributed by atoms with Gasteiger partial charge in [-0.1, -0.05) is 11.6 Å². The van der Waals surface area contributed by atoms with E-state index in [2.05, 4.69) is 0 Å². The van der Waals surface area contributed by atoms with E-state index < -0.39 is 0 Å². The molecule has 0 saturated heterocycles. The summed E-state index contributed by atoms with van der Waals surface area (Å²) >= 11 is 13.2. The molecular formula is C11H13Cl2NOS. The standard InChI is InChI=1S/C11H13Cl2NOS/c1-14(6-5-12)11(15)9-7-8(16-2)3-4-10(9)13/h3-4,7H,5-6H2,1-2H3. The monoisotopic (exact) mass is 277 g/mol. The molecule has 16 heavy (non-hydrogen) atoms. The minimum Gasteiger partial charge on any atom is -0.340 e. The molecule has 5 heteroatoms. The van der Waals surface area contributed by atoms with Crippen LogP contribution in [0.3, 0.4) is 0 Å². The Bertz CT molecular complexity index is 384. The van der Waals surface area contributed by atoms with Gasteiger partial charge in [0.1, 0.15) is 0 Å². The van der Waals surface area contributed by atoms with Crippen LogP contribution >= 0.6 is 35.0 Å². The molecule has 0 aliphatic rings. The maximum Gasteiger partial charge on any atom is 0.255 e. The lowest BCUT2D eigenvalue weighted by molar-refractivity contribution is 0.0803. The predicted molar refractivity (Wildman–Crippen MR) is 70.9 cm³/mol. The summed E-state index contributed by atoms with van der Waals surface area (Å²) < 4.78 is 0. The van der Waals surface area contributed by atoms with Crippen LogP contribution in [-0.4, -0.2) is 36.5 Å². The Balaban J connectivity index is 2.97. The molecule has 1 aromatic rings. The minimum absolute atomic E-state index is 0.0958. The smallest absolute Gasteiger partial charge is 0.255 e. The van der Waals surface area contributed by atoms with Gasteiger partial charge in [0.15, 0.2) is 0 Å². The molecule has 2 nitrogen and oxygen atoms in total. The van der Waals surface area contributed by atoms with Gasteiger partial charge in [0.05, 0.1) is 10.6 Å². The van der Waals surface area contributed by atoms with Crippen molar-refractivity contribution in [2.75, 3.05) is 25.7 Å². The highest BCUT2D eigenvalue weighted by Crippen LogP contribution is 2.23. The Hall–Kier alpha value is -0.380. The first-order valence-electron chi connectivity index (χ1n) is 4.75. The molecular weight excluding hydrogens is 265 g/mol. The summed E-state index contributed by atoms with van der Waals surface area (Å²) in [6.45, 7) is 0.514. The number of nitrogens with zero attached hydrogens (tertiary/aromatic N) is 1. The molecule has 0 radical (unpaired) electrons. The normalized spacial score (nSPS) is 10.2. The van der Waals surface area contributed by atoms with Gasteiger partial charge in [-0.3, -0.25) is 4.79 Å². The highest BCUT2D eigenvalue weighted by Gasteiger charge is 2.15. The van der Waals surface area contributed by atoms with Gasteiger partial charge in [0, 0.05) is 24.4 Å². The molecule has 0 aliphatic heterocycles. The Morgan fingerprint density at radius 3 is 2.75 bits per heavy atom. The van der Waals surface area contributed by atoms with E-state index in [1.165, 1.54) is 0 Å². The van der Waals surface area contributed by atoms with Crippen molar-refractivity contribution in [2.24, 2.45) is 0 Å². The van der Waals surface area contributed by atoms with E-state index in [4.69, 9.17) is 23.2 Å². The maximum absolute atomic E-state index is 12.0. The number of benzene rings is 1. The van der Waals surface area contributed by atoms with Crippen molar-refractivity contribution in [3.8, 4) is 0 Å². The molecule has 88 valence electrons. The first kappa shape index (κ1) is 13.7. The zero-order valence-electron chi connectivity index (χ0n) is 9.17. The van der Waals surface area contributed by atoms with Gasteiger partial charge < -0.3 is 4.90 Å². The number of halogens is 2. The van der Waals surface area contributed by atoms with Crippen LogP contribution < -0.4 is 0 Å². The van der Waals surface area contributed by atoms with E-state index in [0.29, 0.717) is 23.0 Å². The third-order valence-corrected chi connectivity index (χ3v) is 3.39. The number of rotatable bonds is 4. The Morgan fingerprint density at radius 2 is 2.19 bits per heavy atom. The lowest BCUT2D eigenvalue weighted by atomic mass is 10.2. The van der Waals surface area contributed by atoms with E-state index in [1.54, 1.807) is 35.8 Å². The molecule has 1 amide bonds. The average molecular weight is 278 g/mol. The zero-order chi connectivity index (χ0) is 12.1. The van der Waals surface area contributed by atoms with Gasteiger partial charge in [0.25, 0.3) is 5.91 Å². The number of thioether (sulfide) groups is 1. The average Bonchev–Trinajstić information content (AvgIpc) is 2.29. The third-order valence-electron chi connectivity index (χ3n) is 2.17. The molecule has 0 heterocycles. The van der Waals surface area contributed by atoms with Crippen LogP contribution in [0.1, 0.15) is 10.4 Å². The molecule has 0 aliphatic carbocycles. The van der Waals surface area contributed by atoms with Gasteiger partial charge in [-0.05, 0) is 24.5 Å². The molecule has 0 saturated carbocycles. The van der Waals surface area contributed by atoms with E-state index >= 15 is 0 Å². The summed E-state index contributed by atoms with van der Waals surface area (Å²) in [4.78, 5) is 14.6. The van der Waals surface area contributed by atoms with Crippen LogP contribution in [-0.2, 0) is 0 Å². The van der Waals surface area contributed by atoms with Crippen LogP contribution in [0.25, 0.3) is 0 Å². The van der Waals surface area contributed by atoms with E-state index in [0.717, 1.165) is 4.90 Å². The van der Waals surface area contributed by atoms with Crippen LogP contribution in [0.15, 0.2) is 23.1 Å². The van der Waals surface area contributed by atoms with Crippen molar-refractivity contribution in [3.63, 3.8) is 0 Å². The van der Waals surface area contributed by atoms with E-state index in [9.17, 15) is 4.79 Å². The largest absolute Gasteiger partial charge is 0.340 e. The van der Waals surface area contributed by atoms with Crippen molar-refractivity contribution in [2.45, 2.75) is 4.90 Å². The summed E-state index contributed by atoms with van der Waals surface area (Å²) in [5.41, 5.74) is 0.529. The third kappa shape index (κ3) is 3.30. The molecule has 1 rings (SSSR count). The SMILES string of the molecule is CSc1ccc(Cl)c(C(=O)N(C)CCCl)c1. The molecule has 0 N–H and O–H groups in total. The second-order valence-electron chi connectivity index (χ2n) is 3.26. The van der Waals surface area contributed by atoms with Gasteiger partial charge in [-0.25, -0.2) is 0 Å². The fourth-order valence-electron chi connectivity index (χ4n) is 1.23. The molecule has 0 bridgehead atoms. The van der Waals surface area contributed by atoms with E-state index in [1.807, 2.05) is 12.3 Å². The van der Waals surface area contributed by atoms with Crippen LogP contribution in [0.4, 0.5) is 0 Å². The summed E-state index contributed by atoms with van der Waals surface area (Å²) in [6.07, 6.45) is 1.96. The molecule has 0 spiro atoms. The van der Waals surface area contributed by atoms with Gasteiger partial charge in [0.2, 0.25) is 0 Å². The summed E-state index contributed by atoms with van der Waals surface area (Å²) in [6, 6.07) is 5.44. The Kier molecular flexibility index (Phi) is 5.46. The number of alkyl halides is 1. The maximum atomic E-state index is 12.0. The summed E-state index contributed by atoms with van der Waals surface area (Å²) in [7, 11) is 1.72. The molecule has 0 unspecified atom stereocenters. The minimum atomic E-state index is -0.0958. The van der Waals surface area contributed by atoms with Crippen molar-refractivity contribution < 1.29 is 4.79 Å². The first-order valence-corrected chi connectivity index (χ1v) is 6.89. The lowest BCUT2D eigenvalue weighted by Crippen LogP contribution is -2.28. The van der Waals surface area contributed by atoms with Crippen molar-refractivity contribution >= 4 is 40.9 Å². The zero-order valence-corrected chi connectivity index (χ0v) is 11.5. The Morgan fingerprint density at radius 1 is 1.50 bits per heavy atom. The number of hydrogen-bond donors (Lipinski definition) is 0. The van der Waals surface area contributed by atoms with Crippen molar-refractivity contribution in [1.29, 1.82) is 0 Å². The fraction of sp³-hybridized carbons (Fsp3) is 0.364. The van der Waals surface area contributed by atoms with Crippen molar-refractivity contribution in [1.82, 2.24) is 4.90 Å².